The quantitative estimate of drug-likeness (QED) is 0.732. The molecule has 130 valence electrons. The summed E-state index contributed by atoms with van der Waals surface area (Å²) in [5.74, 6) is 0.676. The van der Waals surface area contributed by atoms with Gasteiger partial charge in [-0.1, -0.05) is 18.5 Å². The van der Waals surface area contributed by atoms with Crippen molar-refractivity contribution in [2.24, 2.45) is 0 Å². The zero-order valence-electron chi connectivity index (χ0n) is 14.0. The molecule has 0 fully saturated rings. The molecule has 0 aliphatic carbocycles. The predicted octanol–water partition coefficient (Wildman–Crippen LogP) is 3.39. The first-order valence-electron chi connectivity index (χ1n) is 7.95. The van der Waals surface area contributed by atoms with Crippen molar-refractivity contribution in [3.8, 4) is 16.9 Å². The molecule has 0 saturated carbocycles. The summed E-state index contributed by atoms with van der Waals surface area (Å²) in [6.07, 6.45) is 2.61. The highest BCUT2D eigenvalue weighted by atomic mass is 35.5. The lowest BCUT2D eigenvalue weighted by Gasteiger charge is -2.10. The molecule has 2 heterocycles. The molecule has 3 N–H and O–H groups in total. The van der Waals surface area contributed by atoms with Crippen molar-refractivity contribution in [1.29, 1.82) is 0 Å². The summed E-state index contributed by atoms with van der Waals surface area (Å²) in [6, 6.07) is 9.09. The molecular formula is C18H19ClN4O2. The van der Waals surface area contributed by atoms with Crippen LogP contribution in [0.5, 0.6) is 5.75 Å². The molecule has 25 heavy (non-hydrogen) atoms. The second-order valence-electron chi connectivity index (χ2n) is 5.56. The molecule has 6 nitrogen and oxygen atoms in total. The predicted molar refractivity (Wildman–Crippen MR) is 99.2 cm³/mol. The molecule has 1 amide bonds. The molecule has 0 atom stereocenters. The van der Waals surface area contributed by atoms with E-state index in [2.05, 4.69) is 10.3 Å². The summed E-state index contributed by atoms with van der Waals surface area (Å²) < 4.78 is 7.13. The number of rotatable bonds is 5. The SMILES string of the molecule is CCCNC(=O)c1nc2c(-c3cc(Cl)ccc3OC)cccn2c1N. The van der Waals surface area contributed by atoms with Crippen LogP contribution < -0.4 is 15.8 Å². The molecule has 1 aromatic carbocycles. The number of carbonyl (C=O) groups is 1. The van der Waals surface area contributed by atoms with Crippen molar-refractivity contribution >= 4 is 29.0 Å². The molecule has 0 aliphatic rings. The van der Waals surface area contributed by atoms with Gasteiger partial charge in [0.05, 0.1) is 7.11 Å². The van der Waals surface area contributed by atoms with E-state index < -0.39 is 0 Å². The average molecular weight is 359 g/mol. The van der Waals surface area contributed by atoms with E-state index in [4.69, 9.17) is 22.1 Å². The number of pyridine rings is 1. The Bertz CT molecular complexity index is 936. The van der Waals surface area contributed by atoms with Gasteiger partial charge in [0.2, 0.25) is 0 Å². The molecule has 0 saturated heterocycles. The van der Waals surface area contributed by atoms with Gasteiger partial charge in [0, 0.05) is 28.9 Å². The smallest absolute Gasteiger partial charge is 0.273 e. The van der Waals surface area contributed by atoms with Crippen LogP contribution in [-0.4, -0.2) is 28.9 Å². The molecule has 0 bridgehead atoms. The number of anilines is 1. The second-order valence-corrected chi connectivity index (χ2v) is 6.00. The topological polar surface area (TPSA) is 81.6 Å². The maximum Gasteiger partial charge on any atom is 0.273 e. The van der Waals surface area contributed by atoms with Gasteiger partial charge >= 0.3 is 0 Å². The number of ether oxygens (including phenoxy) is 1. The Labute approximate surface area is 150 Å². The standard InChI is InChI=1S/C18H19ClN4O2/c1-3-8-21-18(24)15-16(20)23-9-4-5-12(17(23)22-15)13-10-11(19)6-7-14(13)25-2/h4-7,9-10H,3,8,20H2,1-2H3,(H,21,24). The van der Waals surface area contributed by atoms with Crippen molar-refractivity contribution in [2.45, 2.75) is 13.3 Å². The van der Waals surface area contributed by atoms with Crippen LogP contribution in [0.4, 0.5) is 5.82 Å². The molecule has 7 heteroatoms. The number of nitrogens with two attached hydrogens (primary N) is 1. The molecule has 3 aromatic rings. The number of fused-ring (bicyclic) bond motifs is 1. The van der Waals surface area contributed by atoms with Crippen molar-refractivity contribution in [3.05, 3.63) is 47.2 Å². The Hall–Kier alpha value is -2.73. The van der Waals surface area contributed by atoms with Crippen LogP contribution in [0.3, 0.4) is 0 Å². The molecule has 0 aliphatic heterocycles. The zero-order valence-corrected chi connectivity index (χ0v) is 14.8. The van der Waals surface area contributed by atoms with Gasteiger partial charge in [-0.15, -0.1) is 0 Å². The Kier molecular flexibility index (Phi) is 4.81. The summed E-state index contributed by atoms with van der Waals surface area (Å²) in [4.78, 5) is 16.8. The molecule has 0 unspecified atom stereocenters. The minimum Gasteiger partial charge on any atom is -0.496 e. The highest BCUT2D eigenvalue weighted by molar-refractivity contribution is 6.31. The average Bonchev–Trinajstić information content (AvgIpc) is 2.96. The van der Waals surface area contributed by atoms with Crippen LogP contribution in [0.25, 0.3) is 16.8 Å². The van der Waals surface area contributed by atoms with Crippen molar-refractivity contribution in [1.82, 2.24) is 14.7 Å². The van der Waals surface area contributed by atoms with Gasteiger partial charge in [-0.05, 0) is 36.8 Å². The van der Waals surface area contributed by atoms with Gasteiger partial charge in [-0.25, -0.2) is 4.98 Å². The van der Waals surface area contributed by atoms with Crippen molar-refractivity contribution in [3.63, 3.8) is 0 Å². The van der Waals surface area contributed by atoms with Gasteiger partial charge in [-0.3, -0.25) is 9.20 Å². The number of hydrogen-bond acceptors (Lipinski definition) is 4. The number of carbonyl (C=O) groups excluding carboxylic acids is 1. The fourth-order valence-electron chi connectivity index (χ4n) is 2.68. The molecular weight excluding hydrogens is 340 g/mol. The number of halogens is 1. The van der Waals surface area contributed by atoms with Gasteiger partial charge in [0.25, 0.3) is 5.91 Å². The van der Waals surface area contributed by atoms with Crippen LogP contribution in [-0.2, 0) is 0 Å². The first-order chi connectivity index (χ1) is 12.1. The minimum absolute atomic E-state index is 0.210. The third-order valence-electron chi connectivity index (χ3n) is 3.89. The van der Waals surface area contributed by atoms with Crippen molar-refractivity contribution < 1.29 is 9.53 Å². The maximum absolute atomic E-state index is 12.3. The summed E-state index contributed by atoms with van der Waals surface area (Å²) in [5, 5.41) is 3.38. The van der Waals surface area contributed by atoms with E-state index in [-0.39, 0.29) is 11.6 Å². The fourth-order valence-corrected chi connectivity index (χ4v) is 2.85. The monoisotopic (exact) mass is 358 g/mol. The number of benzene rings is 1. The molecule has 0 radical (unpaired) electrons. The number of aromatic nitrogens is 2. The van der Waals surface area contributed by atoms with E-state index in [1.165, 1.54) is 0 Å². The normalized spacial score (nSPS) is 10.8. The summed E-state index contributed by atoms with van der Waals surface area (Å²) in [6.45, 7) is 2.55. The lowest BCUT2D eigenvalue weighted by atomic mass is 10.1. The number of nitrogens with one attached hydrogen (secondary N) is 1. The van der Waals surface area contributed by atoms with E-state index in [9.17, 15) is 4.79 Å². The fraction of sp³-hybridized carbons (Fsp3) is 0.222. The van der Waals surface area contributed by atoms with Gasteiger partial charge in [-0.2, -0.15) is 0 Å². The zero-order chi connectivity index (χ0) is 18.0. The highest BCUT2D eigenvalue weighted by Crippen LogP contribution is 2.35. The third kappa shape index (κ3) is 3.13. The van der Waals surface area contributed by atoms with E-state index in [0.29, 0.717) is 28.8 Å². The summed E-state index contributed by atoms with van der Waals surface area (Å²) in [5.41, 5.74) is 8.49. The van der Waals surface area contributed by atoms with Crippen LogP contribution in [0.2, 0.25) is 5.02 Å². The summed E-state index contributed by atoms with van der Waals surface area (Å²) in [7, 11) is 1.59. The maximum atomic E-state index is 12.3. The Morgan fingerprint density at radius 2 is 2.16 bits per heavy atom. The van der Waals surface area contributed by atoms with E-state index in [1.54, 1.807) is 35.9 Å². The van der Waals surface area contributed by atoms with E-state index >= 15 is 0 Å². The van der Waals surface area contributed by atoms with Gasteiger partial charge < -0.3 is 15.8 Å². The molecule has 0 spiro atoms. The van der Waals surface area contributed by atoms with Crippen LogP contribution in [0.15, 0.2) is 36.5 Å². The van der Waals surface area contributed by atoms with Crippen LogP contribution in [0, 0.1) is 0 Å². The Morgan fingerprint density at radius 1 is 1.36 bits per heavy atom. The number of nitrogen functional groups attached to an aromatic ring is 1. The third-order valence-corrected chi connectivity index (χ3v) is 4.12. The van der Waals surface area contributed by atoms with Crippen LogP contribution >= 0.6 is 11.6 Å². The highest BCUT2D eigenvalue weighted by Gasteiger charge is 2.20. The number of amides is 1. The largest absolute Gasteiger partial charge is 0.496 e. The first kappa shape index (κ1) is 17.1. The van der Waals surface area contributed by atoms with Crippen molar-refractivity contribution in [2.75, 3.05) is 19.4 Å². The second kappa shape index (κ2) is 7.03. The number of methoxy groups -OCH3 is 1. The van der Waals surface area contributed by atoms with Crippen LogP contribution in [0.1, 0.15) is 23.8 Å². The Morgan fingerprint density at radius 3 is 2.88 bits per heavy atom. The number of imidazole rings is 1. The lowest BCUT2D eigenvalue weighted by Crippen LogP contribution is -2.25. The van der Waals surface area contributed by atoms with E-state index in [1.807, 2.05) is 19.1 Å². The first-order valence-corrected chi connectivity index (χ1v) is 8.33. The van der Waals surface area contributed by atoms with Gasteiger partial charge in [0.15, 0.2) is 5.69 Å². The minimum atomic E-state index is -0.285. The summed E-state index contributed by atoms with van der Waals surface area (Å²) >= 11 is 6.15. The molecule has 2 aromatic heterocycles. The van der Waals surface area contributed by atoms with E-state index in [0.717, 1.165) is 17.5 Å². The lowest BCUT2D eigenvalue weighted by molar-refractivity contribution is 0.0950. The Balaban J connectivity index is 2.18. The molecule has 3 rings (SSSR count). The van der Waals surface area contributed by atoms with Gasteiger partial charge in [0.1, 0.15) is 17.2 Å². The number of hydrogen-bond donors (Lipinski definition) is 2. The number of nitrogens with zero attached hydrogens (tertiary/aromatic N) is 2.